The van der Waals surface area contributed by atoms with E-state index in [1.165, 1.54) is 0 Å². The summed E-state index contributed by atoms with van der Waals surface area (Å²) in [6.45, 7) is 8.67. The summed E-state index contributed by atoms with van der Waals surface area (Å²) in [6, 6.07) is 7.42. The minimum absolute atomic E-state index is 0.0127. The summed E-state index contributed by atoms with van der Waals surface area (Å²) in [6.07, 6.45) is 5.30. The zero-order chi connectivity index (χ0) is 17.1. The maximum absolute atomic E-state index is 12.1. The fourth-order valence-corrected chi connectivity index (χ4v) is 3.56. The number of urea groups is 1. The Morgan fingerprint density at radius 2 is 1.74 bits per heavy atom. The lowest BCUT2D eigenvalue weighted by molar-refractivity contribution is 0.148. The van der Waals surface area contributed by atoms with Crippen molar-refractivity contribution in [2.24, 2.45) is 0 Å². The van der Waals surface area contributed by atoms with E-state index in [4.69, 9.17) is 11.6 Å². The topological polar surface area (TPSA) is 53.2 Å². The Balaban J connectivity index is 1.86. The van der Waals surface area contributed by atoms with Gasteiger partial charge in [-0.05, 0) is 64.3 Å². The molecule has 0 atom stereocenters. The number of carbonyl (C=O) groups is 1. The summed E-state index contributed by atoms with van der Waals surface area (Å²) in [7, 11) is 0. The fourth-order valence-electron chi connectivity index (χ4n) is 3.44. The molecule has 126 valence electrons. The van der Waals surface area contributed by atoms with Crippen molar-refractivity contribution in [1.82, 2.24) is 16.0 Å². The molecule has 0 aliphatic carbocycles. The second kappa shape index (κ2) is 6.93. The third-order valence-corrected chi connectivity index (χ3v) is 4.14. The average molecular weight is 336 g/mol. The summed E-state index contributed by atoms with van der Waals surface area (Å²) in [5.74, 6) is 0. The zero-order valence-electron chi connectivity index (χ0n) is 14.2. The molecule has 1 fully saturated rings. The van der Waals surface area contributed by atoms with Gasteiger partial charge in [0.05, 0.1) is 0 Å². The summed E-state index contributed by atoms with van der Waals surface area (Å²) in [5, 5.41) is 10.1. The number of hydrogen-bond donors (Lipinski definition) is 3. The molecule has 2 amide bonds. The number of piperidine rings is 1. The van der Waals surface area contributed by atoms with Gasteiger partial charge in [-0.25, -0.2) is 4.79 Å². The van der Waals surface area contributed by atoms with Gasteiger partial charge in [0.25, 0.3) is 0 Å². The predicted octanol–water partition coefficient (Wildman–Crippen LogP) is 3.92. The minimum Gasteiger partial charge on any atom is -0.335 e. The predicted molar refractivity (Wildman–Crippen MR) is 96.5 cm³/mol. The van der Waals surface area contributed by atoms with Crippen molar-refractivity contribution in [1.29, 1.82) is 0 Å². The van der Waals surface area contributed by atoms with Crippen LogP contribution < -0.4 is 16.0 Å². The summed E-state index contributed by atoms with van der Waals surface area (Å²) >= 11 is 5.84. The minimum atomic E-state index is -0.172. The second-order valence-corrected chi connectivity index (χ2v) is 7.94. The molecule has 3 N–H and O–H groups in total. The maximum atomic E-state index is 12.1. The molecule has 2 rings (SSSR count). The molecule has 1 aromatic rings. The number of benzene rings is 1. The van der Waals surface area contributed by atoms with Gasteiger partial charge in [0.1, 0.15) is 0 Å². The second-order valence-electron chi connectivity index (χ2n) is 7.50. The number of rotatable bonds is 3. The largest absolute Gasteiger partial charge is 0.335 e. The molecule has 1 aromatic carbocycles. The molecule has 4 nitrogen and oxygen atoms in total. The lowest BCUT2D eigenvalue weighted by Gasteiger charge is -2.46. The molecular weight excluding hydrogens is 310 g/mol. The molecule has 0 spiro atoms. The molecule has 1 saturated heterocycles. The van der Waals surface area contributed by atoms with Crippen LogP contribution in [0.15, 0.2) is 30.5 Å². The van der Waals surface area contributed by atoms with Gasteiger partial charge in [0.2, 0.25) is 0 Å². The van der Waals surface area contributed by atoms with E-state index >= 15 is 0 Å². The number of nitrogens with one attached hydrogen (secondary N) is 3. The van der Waals surface area contributed by atoms with Crippen LogP contribution >= 0.6 is 11.6 Å². The van der Waals surface area contributed by atoms with Crippen LogP contribution in [-0.4, -0.2) is 23.2 Å². The SMILES string of the molecule is CC1(C)CC(NC(=O)N/C=C/c2ccc(Cl)cc2)CC(C)(C)N1. The molecule has 23 heavy (non-hydrogen) atoms. The van der Waals surface area contributed by atoms with Crippen LogP contribution in [0.25, 0.3) is 6.08 Å². The van der Waals surface area contributed by atoms with Crippen LogP contribution in [0.3, 0.4) is 0 Å². The third-order valence-electron chi connectivity index (χ3n) is 3.89. The van der Waals surface area contributed by atoms with E-state index in [1.807, 2.05) is 30.3 Å². The van der Waals surface area contributed by atoms with Crippen molar-refractivity contribution in [3.8, 4) is 0 Å². The molecule has 0 aromatic heterocycles. The van der Waals surface area contributed by atoms with Crippen molar-refractivity contribution in [3.63, 3.8) is 0 Å². The Kier molecular flexibility index (Phi) is 5.37. The molecule has 0 saturated carbocycles. The van der Waals surface area contributed by atoms with Gasteiger partial charge < -0.3 is 16.0 Å². The molecular formula is C18H26ClN3O. The molecule has 1 heterocycles. The van der Waals surface area contributed by atoms with E-state index in [9.17, 15) is 4.79 Å². The van der Waals surface area contributed by atoms with Crippen molar-refractivity contribution < 1.29 is 4.79 Å². The first-order valence-electron chi connectivity index (χ1n) is 7.94. The van der Waals surface area contributed by atoms with Crippen molar-refractivity contribution >= 4 is 23.7 Å². The van der Waals surface area contributed by atoms with Gasteiger partial charge in [0, 0.05) is 28.3 Å². The van der Waals surface area contributed by atoms with Gasteiger partial charge in [-0.1, -0.05) is 23.7 Å². The first-order valence-corrected chi connectivity index (χ1v) is 8.32. The highest BCUT2D eigenvalue weighted by atomic mass is 35.5. The number of hydrogen-bond acceptors (Lipinski definition) is 2. The van der Waals surface area contributed by atoms with Gasteiger partial charge in [-0.3, -0.25) is 0 Å². The first-order chi connectivity index (χ1) is 10.7. The van der Waals surface area contributed by atoms with Crippen molar-refractivity contribution in [3.05, 3.63) is 41.1 Å². The van der Waals surface area contributed by atoms with Crippen LogP contribution in [0.5, 0.6) is 0 Å². The number of amides is 2. The molecule has 5 heteroatoms. The molecule has 1 aliphatic rings. The highest BCUT2D eigenvalue weighted by Gasteiger charge is 2.38. The molecule has 0 unspecified atom stereocenters. The van der Waals surface area contributed by atoms with Crippen LogP contribution in [0, 0.1) is 0 Å². The molecule has 1 aliphatic heterocycles. The van der Waals surface area contributed by atoms with E-state index in [-0.39, 0.29) is 23.2 Å². The molecule has 0 radical (unpaired) electrons. The Morgan fingerprint density at radius 3 is 2.30 bits per heavy atom. The van der Waals surface area contributed by atoms with E-state index in [0.29, 0.717) is 5.02 Å². The lowest BCUT2D eigenvalue weighted by Crippen LogP contribution is -2.62. The summed E-state index contributed by atoms with van der Waals surface area (Å²) in [4.78, 5) is 12.1. The van der Waals surface area contributed by atoms with E-state index in [2.05, 4.69) is 43.6 Å². The third kappa shape index (κ3) is 5.88. The van der Waals surface area contributed by atoms with Crippen molar-refractivity contribution in [2.75, 3.05) is 0 Å². The van der Waals surface area contributed by atoms with Crippen LogP contribution in [-0.2, 0) is 0 Å². The smallest absolute Gasteiger partial charge is 0.318 e. The Labute approximate surface area is 143 Å². The Hall–Kier alpha value is -1.52. The lowest BCUT2D eigenvalue weighted by atomic mass is 9.80. The van der Waals surface area contributed by atoms with Gasteiger partial charge in [-0.2, -0.15) is 0 Å². The monoisotopic (exact) mass is 335 g/mol. The highest BCUT2D eigenvalue weighted by Crippen LogP contribution is 2.28. The van der Waals surface area contributed by atoms with Gasteiger partial charge in [0.15, 0.2) is 0 Å². The van der Waals surface area contributed by atoms with Gasteiger partial charge >= 0.3 is 6.03 Å². The molecule has 0 bridgehead atoms. The standard InChI is InChI=1S/C18H26ClN3O/c1-17(2)11-15(12-18(3,4)22-17)21-16(23)20-10-9-13-5-7-14(19)8-6-13/h5-10,15,22H,11-12H2,1-4H3,(H2,20,21,23)/b10-9+. The summed E-state index contributed by atoms with van der Waals surface area (Å²) in [5.41, 5.74) is 1.01. The average Bonchev–Trinajstić information content (AvgIpc) is 2.37. The zero-order valence-corrected chi connectivity index (χ0v) is 15.0. The first kappa shape index (κ1) is 17.8. The van der Waals surface area contributed by atoms with Crippen LogP contribution in [0.1, 0.15) is 46.1 Å². The summed E-state index contributed by atoms with van der Waals surface area (Å²) < 4.78 is 0. The van der Waals surface area contributed by atoms with Crippen LogP contribution in [0.2, 0.25) is 5.02 Å². The fraction of sp³-hybridized carbons (Fsp3) is 0.500. The normalized spacial score (nSPS) is 20.4. The Morgan fingerprint density at radius 1 is 1.17 bits per heavy atom. The highest BCUT2D eigenvalue weighted by molar-refractivity contribution is 6.30. The van der Waals surface area contributed by atoms with E-state index in [0.717, 1.165) is 18.4 Å². The maximum Gasteiger partial charge on any atom is 0.318 e. The Bertz CT molecular complexity index is 562. The quantitative estimate of drug-likeness (QED) is 0.784. The van der Waals surface area contributed by atoms with Crippen molar-refractivity contribution in [2.45, 2.75) is 57.7 Å². The van der Waals surface area contributed by atoms with E-state index < -0.39 is 0 Å². The van der Waals surface area contributed by atoms with Gasteiger partial charge in [-0.15, -0.1) is 0 Å². The van der Waals surface area contributed by atoms with Crippen LogP contribution in [0.4, 0.5) is 4.79 Å². The van der Waals surface area contributed by atoms with E-state index in [1.54, 1.807) is 6.20 Å². The number of carbonyl (C=O) groups excluding carboxylic acids is 1. The number of halogens is 1.